The van der Waals surface area contributed by atoms with Crippen LogP contribution in [0.25, 0.3) is 0 Å². The van der Waals surface area contributed by atoms with Crippen molar-refractivity contribution >= 4 is 96.5 Å². The lowest BCUT2D eigenvalue weighted by Crippen LogP contribution is -2.47. The van der Waals surface area contributed by atoms with E-state index in [-0.39, 0.29) is 57.9 Å². The molecular formula is C43H69Cl3F4I2N8O8. The number of ether oxygens (including phenoxy) is 3. The van der Waals surface area contributed by atoms with Gasteiger partial charge in [0, 0.05) is 115 Å². The van der Waals surface area contributed by atoms with Gasteiger partial charge in [-0.3, -0.25) is 9.97 Å². The van der Waals surface area contributed by atoms with Gasteiger partial charge in [-0.05, 0) is 67.5 Å². The lowest BCUT2D eigenvalue weighted by molar-refractivity contribution is -0.161. The molecule has 68 heavy (non-hydrogen) atoms. The van der Waals surface area contributed by atoms with E-state index < -0.39 is 59.2 Å². The number of hydrogen-bond donors (Lipinski definition) is 4. The number of nitrogens with one attached hydrogen (secondary N) is 1. The number of aliphatic hydroxyl groups is 3. The highest BCUT2D eigenvalue weighted by Gasteiger charge is 2.38. The number of aromatic nitrogens is 4. The largest absolute Gasteiger partial charge is 0.458 e. The standard InChI is InChI=1S/C16H23ClFN3O3.C11H20FNO3.C10H13ClFN3O.C6H12FNO.ClH.I2/c1-15(2,3)24-14(22)10-23-11-16(18)4-6-21(7-5-16)13-9-19-8-12(17)20-13;1-10(2,3)16-9(15)13-6-4-11(12,8-14)5-7-13;11-8-5-13-6-9(14-8)15-3-1-10(12,7-16)2-4-15;7-6(5-9)1-3-8-4-2-6;;1-2/h8-9H,4-7,10-11H2,1-3H3;14H,4-8H2,1-3H3;5-6,16H,1-4,7H2;8-9H,1-5H2;1H;. The van der Waals surface area contributed by atoms with E-state index in [0.29, 0.717) is 100.0 Å². The Hall–Kier alpha value is -1.65. The summed E-state index contributed by atoms with van der Waals surface area (Å²) in [6.07, 6.45) is 8.14. The number of nitrogens with zero attached hydrogens (tertiary/aromatic N) is 7. The molecule has 0 aromatic carbocycles. The second-order valence-electron chi connectivity index (χ2n) is 18.7. The number of rotatable bonds is 9. The van der Waals surface area contributed by atoms with Gasteiger partial charge in [-0.25, -0.2) is 37.1 Å². The summed E-state index contributed by atoms with van der Waals surface area (Å²) in [5.41, 5.74) is -6.81. The molecule has 6 rings (SSSR count). The van der Waals surface area contributed by atoms with E-state index in [1.165, 1.54) is 17.3 Å². The molecule has 0 radical (unpaired) electrons. The number of hydrogen-bond acceptors (Lipinski definition) is 15. The van der Waals surface area contributed by atoms with Crippen LogP contribution in [0.5, 0.6) is 0 Å². The zero-order chi connectivity index (χ0) is 50.5. The van der Waals surface area contributed by atoms with Crippen LogP contribution in [0, 0.1) is 0 Å². The van der Waals surface area contributed by atoms with Gasteiger partial charge < -0.3 is 49.5 Å². The summed E-state index contributed by atoms with van der Waals surface area (Å²) in [7, 11) is 0. The number of likely N-dealkylation sites (tertiary alicyclic amines) is 1. The van der Waals surface area contributed by atoms with Crippen molar-refractivity contribution in [2.75, 3.05) is 95.2 Å². The maximum atomic E-state index is 14.8. The first-order chi connectivity index (χ1) is 31.3. The molecule has 4 aliphatic heterocycles. The Morgan fingerprint density at radius 2 is 1.01 bits per heavy atom. The van der Waals surface area contributed by atoms with Crippen LogP contribution in [0.3, 0.4) is 0 Å². The Balaban J connectivity index is 0.000000466. The third-order valence-corrected chi connectivity index (χ3v) is 11.2. The van der Waals surface area contributed by atoms with Crippen LogP contribution in [0.4, 0.5) is 34.0 Å². The zero-order valence-corrected chi connectivity index (χ0v) is 46.2. The Bertz CT molecular complexity index is 1770. The number of aliphatic hydroxyl groups excluding tert-OH is 3. The lowest BCUT2D eigenvalue weighted by atomic mass is 9.94. The molecule has 16 nitrogen and oxygen atoms in total. The number of alkyl halides is 4. The molecule has 4 N–H and O–H groups in total. The van der Waals surface area contributed by atoms with Crippen molar-refractivity contribution in [3.8, 4) is 0 Å². The molecule has 6 heterocycles. The van der Waals surface area contributed by atoms with Crippen molar-refractivity contribution < 1.29 is 56.7 Å². The Morgan fingerprint density at radius 1 is 0.647 bits per heavy atom. The molecule has 1 amide bonds. The predicted molar refractivity (Wildman–Crippen MR) is 275 cm³/mol. The summed E-state index contributed by atoms with van der Waals surface area (Å²) in [5, 5.41) is 30.0. The number of piperidine rings is 4. The van der Waals surface area contributed by atoms with Crippen LogP contribution in [0.15, 0.2) is 24.8 Å². The molecule has 0 aliphatic carbocycles. The molecule has 2 aromatic rings. The number of carbonyl (C=O) groups excluding carboxylic acids is 2. The quantitative estimate of drug-likeness (QED) is 0.106. The van der Waals surface area contributed by atoms with Crippen molar-refractivity contribution in [1.29, 1.82) is 0 Å². The van der Waals surface area contributed by atoms with E-state index in [2.05, 4.69) is 62.5 Å². The second-order valence-corrected chi connectivity index (χ2v) is 19.5. The minimum absolute atomic E-state index is 0. The first-order valence-corrected chi connectivity index (χ1v) is 29.0. The fourth-order valence-corrected chi connectivity index (χ4v) is 7.13. The molecule has 4 aliphatic rings. The second kappa shape index (κ2) is 30.4. The van der Waals surface area contributed by atoms with Crippen LogP contribution in [-0.2, 0) is 19.0 Å². The van der Waals surface area contributed by atoms with E-state index in [1.54, 1.807) is 53.9 Å². The smallest absolute Gasteiger partial charge is 0.410 e. The molecule has 392 valence electrons. The van der Waals surface area contributed by atoms with Crippen molar-refractivity contribution in [3.63, 3.8) is 0 Å². The van der Waals surface area contributed by atoms with E-state index in [9.17, 15) is 27.2 Å². The molecule has 4 fully saturated rings. The van der Waals surface area contributed by atoms with Gasteiger partial charge in [0.15, 0.2) is 0 Å². The maximum absolute atomic E-state index is 14.8. The summed E-state index contributed by atoms with van der Waals surface area (Å²) in [6, 6.07) is 0. The number of esters is 1. The van der Waals surface area contributed by atoms with Gasteiger partial charge in [0.1, 0.15) is 62.4 Å². The molecule has 0 saturated carbocycles. The van der Waals surface area contributed by atoms with Crippen LogP contribution < -0.4 is 15.1 Å². The summed E-state index contributed by atoms with van der Waals surface area (Å²) in [6.45, 7) is 13.1. The van der Waals surface area contributed by atoms with Crippen molar-refractivity contribution in [1.82, 2.24) is 30.2 Å². The van der Waals surface area contributed by atoms with Gasteiger partial charge in [-0.2, -0.15) is 0 Å². The average molecular weight is 1260 g/mol. The maximum Gasteiger partial charge on any atom is 0.410 e. The molecule has 0 unspecified atom stereocenters. The number of carbonyl (C=O) groups is 2. The number of halogens is 9. The highest BCUT2D eigenvalue weighted by molar-refractivity contribution is 15.0. The van der Waals surface area contributed by atoms with Gasteiger partial charge in [-0.1, -0.05) is 23.2 Å². The Morgan fingerprint density at radius 3 is 1.37 bits per heavy atom. The number of anilines is 2. The van der Waals surface area contributed by atoms with Crippen molar-refractivity contribution in [2.24, 2.45) is 0 Å². The van der Waals surface area contributed by atoms with E-state index in [0.717, 1.165) is 0 Å². The molecule has 0 spiro atoms. The van der Waals surface area contributed by atoms with Crippen LogP contribution in [0.2, 0.25) is 10.3 Å². The molecular weight excluding hydrogens is 1190 g/mol. The van der Waals surface area contributed by atoms with Crippen molar-refractivity contribution in [2.45, 2.75) is 127 Å². The summed E-state index contributed by atoms with van der Waals surface area (Å²) in [4.78, 5) is 44.8. The fraction of sp³-hybridized carbons (Fsp3) is 0.767. The third kappa shape index (κ3) is 24.7. The summed E-state index contributed by atoms with van der Waals surface area (Å²) in [5.74, 6) is 0.810. The zero-order valence-electron chi connectivity index (χ0n) is 39.6. The van der Waals surface area contributed by atoms with Gasteiger partial charge in [0.05, 0.1) is 51.2 Å². The first-order valence-electron chi connectivity index (χ1n) is 22.0. The number of amides is 1. The van der Waals surface area contributed by atoms with E-state index >= 15 is 0 Å². The molecule has 4 saturated heterocycles. The molecule has 0 atom stereocenters. The van der Waals surface area contributed by atoms with Gasteiger partial charge in [0.25, 0.3) is 0 Å². The third-order valence-electron chi connectivity index (χ3n) is 10.8. The minimum Gasteiger partial charge on any atom is -0.458 e. The van der Waals surface area contributed by atoms with Gasteiger partial charge >= 0.3 is 12.1 Å². The Kier molecular flexibility index (Phi) is 28.8. The molecule has 0 bridgehead atoms. The van der Waals surface area contributed by atoms with Crippen molar-refractivity contribution in [3.05, 3.63) is 35.1 Å². The molecule has 2 aromatic heterocycles. The highest BCUT2D eigenvalue weighted by atomic mass is 128. The van der Waals surface area contributed by atoms with Gasteiger partial charge in [0.2, 0.25) is 0 Å². The van der Waals surface area contributed by atoms with E-state index in [4.69, 9.17) is 52.7 Å². The van der Waals surface area contributed by atoms with Crippen LogP contribution in [-0.4, -0.2) is 171 Å². The van der Waals surface area contributed by atoms with E-state index in [1.807, 2.05) is 9.80 Å². The Labute approximate surface area is 437 Å². The molecule has 25 heteroatoms. The predicted octanol–water partition coefficient (Wildman–Crippen LogP) is 8.21. The highest BCUT2D eigenvalue weighted by Crippen LogP contribution is 2.31. The SMILES string of the molecule is CC(C)(C)OC(=O)COCC1(F)CCN(c2cncc(Cl)n2)CC1.CC(C)(C)OC(=O)N1CCC(F)(CO)CC1.Cl.II.OCC1(F)CCN(c2cncc(Cl)n2)CC1.OCC1(F)CCNCC1. The average Bonchev–Trinajstić information content (AvgIpc) is 3.27. The van der Waals surface area contributed by atoms with Crippen LogP contribution >= 0.6 is 72.8 Å². The summed E-state index contributed by atoms with van der Waals surface area (Å²) < 4.78 is 70.7. The minimum atomic E-state index is -1.53. The topological polar surface area (TPSA) is 196 Å². The van der Waals surface area contributed by atoms with Gasteiger partial charge in [-0.15, -0.1) is 12.4 Å². The lowest BCUT2D eigenvalue weighted by Gasteiger charge is -2.36. The first kappa shape index (κ1) is 64.4. The monoisotopic (exact) mass is 1260 g/mol. The van der Waals surface area contributed by atoms with Crippen LogP contribution in [0.1, 0.15) is 92.9 Å². The summed E-state index contributed by atoms with van der Waals surface area (Å²) >= 11 is 15.8. The normalized spacial score (nSPS) is 19.3. The fourth-order valence-electron chi connectivity index (χ4n) is 6.84.